The predicted molar refractivity (Wildman–Crippen MR) is 93.5 cm³/mol. The number of amides is 1. The third-order valence-electron chi connectivity index (χ3n) is 3.80. The summed E-state index contributed by atoms with van der Waals surface area (Å²) in [5.74, 6) is 0.285. The molecule has 1 aliphatic rings. The molecule has 0 fully saturated rings. The molecule has 0 aliphatic carbocycles. The van der Waals surface area contributed by atoms with E-state index in [1.807, 2.05) is 39.0 Å². The van der Waals surface area contributed by atoms with E-state index in [0.717, 1.165) is 11.1 Å². The average molecular weight is 349 g/mol. The summed E-state index contributed by atoms with van der Waals surface area (Å²) in [6, 6.07) is 5.68. The van der Waals surface area contributed by atoms with Gasteiger partial charge in [-0.15, -0.1) is 0 Å². The van der Waals surface area contributed by atoms with Gasteiger partial charge in [0.15, 0.2) is 6.10 Å². The summed E-state index contributed by atoms with van der Waals surface area (Å²) < 4.78 is 16.2. The van der Waals surface area contributed by atoms with Crippen molar-refractivity contribution < 1.29 is 23.8 Å². The highest BCUT2D eigenvalue weighted by Crippen LogP contribution is 2.29. The molecule has 1 aliphatic heterocycles. The van der Waals surface area contributed by atoms with Crippen molar-refractivity contribution in [2.75, 3.05) is 13.2 Å². The number of nitrogens with zero attached hydrogens (tertiary/aromatic N) is 1. The minimum Gasteiger partial charge on any atom is -0.479 e. The number of ether oxygens (including phenoxy) is 3. The van der Waals surface area contributed by atoms with E-state index in [9.17, 15) is 9.59 Å². The Labute approximate surface area is 149 Å². The van der Waals surface area contributed by atoms with Crippen LogP contribution in [0.5, 0.6) is 5.75 Å². The lowest BCUT2D eigenvalue weighted by molar-refractivity contribution is -0.150. The Morgan fingerprint density at radius 2 is 2.00 bits per heavy atom. The van der Waals surface area contributed by atoms with Gasteiger partial charge in [-0.05, 0) is 52.7 Å². The lowest BCUT2D eigenvalue weighted by Crippen LogP contribution is -2.40. The molecule has 1 unspecified atom stereocenters. The summed E-state index contributed by atoms with van der Waals surface area (Å²) in [6.07, 6.45) is -0.333. The van der Waals surface area contributed by atoms with Crippen LogP contribution in [-0.2, 0) is 27.2 Å². The molecule has 6 heteroatoms. The molecule has 1 aromatic rings. The molecule has 0 radical (unpaired) electrons. The fourth-order valence-electron chi connectivity index (χ4n) is 2.67. The normalized spacial score (nSPS) is 15.2. The van der Waals surface area contributed by atoms with Crippen LogP contribution in [-0.4, -0.2) is 41.8 Å². The van der Waals surface area contributed by atoms with Gasteiger partial charge in [0.1, 0.15) is 11.4 Å². The molecule has 0 saturated carbocycles. The Balaban J connectivity index is 2.09. The van der Waals surface area contributed by atoms with Crippen LogP contribution >= 0.6 is 0 Å². The highest BCUT2D eigenvalue weighted by atomic mass is 16.6. The molecule has 6 nitrogen and oxygen atoms in total. The first-order valence-electron chi connectivity index (χ1n) is 8.63. The van der Waals surface area contributed by atoms with E-state index in [4.69, 9.17) is 14.2 Å². The molecule has 1 amide bonds. The van der Waals surface area contributed by atoms with Gasteiger partial charge in [-0.3, -0.25) is 0 Å². The second-order valence-corrected chi connectivity index (χ2v) is 7.06. The number of carbonyl (C=O) groups is 2. The van der Waals surface area contributed by atoms with Crippen LogP contribution in [0.2, 0.25) is 0 Å². The maximum Gasteiger partial charge on any atom is 0.410 e. The van der Waals surface area contributed by atoms with Crippen molar-refractivity contribution in [3.05, 3.63) is 29.3 Å². The van der Waals surface area contributed by atoms with Crippen LogP contribution in [0.25, 0.3) is 0 Å². The summed E-state index contributed by atoms with van der Waals surface area (Å²) in [5.41, 5.74) is 1.52. The Morgan fingerprint density at radius 3 is 2.64 bits per heavy atom. The third-order valence-corrected chi connectivity index (χ3v) is 3.80. The number of hydrogen-bond acceptors (Lipinski definition) is 5. The van der Waals surface area contributed by atoms with Gasteiger partial charge in [0, 0.05) is 18.7 Å². The topological polar surface area (TPSA) is 65.1 Å². The molecule has 25 heavy (non-hydrogen) atoms. The fraction of sp³-hybridized carbons (Fsp3) is 0.579. The SMILES string of the molecule is CCOC(=O)C(C)Oc1cccc2c1CCN(C(=O)OC(C)(C)C)C2. The quantitative estimate of drug-likeness (QED) is 0.780. The molecule has 0 N–H and O–H groups in total. The molecule has 0 aromatic heterocycles. The van der Waals surface area contributed by atoms with Gasteiger partial charge in [-0.25, -0.2) is 9.59 Å². The lowest BCUT2D eigenvalue weighted by atomic mass is 9.99. The van der Waals surface area contributed by atoms with Crippen LogP contribution in [0.3, 0.4) is 0 Å². The Morgan fingerprint density at radius 1 is 1.28 bits per heavy atom. The van der Waals surface area contributed by atoms with Crippen LogP contribution < -0.4 is 4.74 Å². The zero-order valence-corrected chi connectivity index (χ0v) is 15.6. The maximum atomic E-state index is 12.3. The van der Waals surface area contributed by atoms with E-state index in [1.165, 1.54) is 0 Å². The molecule has 1 heterocycles. The van der Waals surface area contributed by atoms with E-state index in [0.29, 0.717) is 31.9 Å². The minimum absolute atomic E-state index is 0.315. The minimum atomic E-state index is -0.671. The van der Waals surface area contributed by atoms with Gasteiger partial charge in [-0.2, -0.15) is 0 Å². The lowest BCUT2D eigenvalue weighted by Gasteiger charge is -2.32. The van der Waals surface area contributed by atoms with Crippen LogP contribution in [0, 0.1) is 0 Å². The molecule has 1 atom stereocenters. The molecular formula is C19H27NO5. The highest BCUT2D eigenvalue weighted by Gasteiger charge is 2.27. The fourth-order valence-corrected chi connectivity index (χ4v) is 2.67. The largest absolute Gasteiger partial charge is 0.479 e. The summed E-state index contributed by atoms with van der Waals surface area (Å²) >= 11 is 0. The molecule has 1 aromatic carbocycles. The van der Waals surface area contributed by atoms with Gasteiger partial charge < -0.3 is 19.1 Å². The monoisotopic (exact) mass is 349 g/mol. The van der Waals surface area contributed by atoms with Gasteiger partial charge in [0.25, 0.3) is 0 Å². The Kier molecular flexibility index (Phi) is 5.93. The first kappa shape index (κ1) is 19.1. The summed E-state index contributed by atoms with van der Waals surface area (Å²) in [6.45, 7) is 10.3. The van der Waals surface area contributed by atoms with Gasteiger partial charge in [0.05, 0.1) is 6.61 Å². The summed E-state index contributed by atoms with van der Waals surface area (Å²) in [7, 11) is 0. The number of carbonyl (C=O) groups excluding carboxylic acids is 2. The zero-order chi connectivity index (χ0) is 18.6. The third kappa shape index (κ3) is 5.11. The van der Waals surface area contributed by atoms with Crippen molar-refractivity contribution in [2.24, 2.45) is 0 Å². The van der Waals surface area contributed by atoms with Crippen molar-refractivity contribution in [2.45, 2.75) is 59.3 Å². The molecule has 138 valence electrons. The van der Waals surface area contributed by atoms with E-state index < -0.39 is 11.7 Å². The maximum absolute atomic E-state index is 12.3. The van der Waals surface area contributed by atoms with E-state index >= 15 is 0 Å². The first-order chi connectivity index (χ1) is 11.7. The predicted octanol–water partition coefficient (Wildman–Crippen LogP) is 3.31. The number of fused-ring (bicyclic) bond motifs is 1. The Bertz CT molecular complexity index is 635. The van der Waals surface area contributed by atoms with Gasteiger partial charge >= 0.3 is 12.1 Å². The van der Waals surface area contributed by atoms with E-state index in [1.54, 1.807) is 18.7 Å². The zero-order valence-electron chi connectivity index (χ0n) is 15.6. The van der Waals surface area contributed by atoms with Crippen molar-refractivity contribution in [1.82, 2.24) is 4.90 Å². The van der Waals surface area contributed by atoms with Crippen molar-refractivity contribution in [3.8, 4) is 5.75 Å². The molecule has 0 saturated heterocycles. The summed E-state index contributed by atoms with van der Waals surface area (Å²) in [5, 5.41) is 0. The van der Waals surface area contributed by atoms with Crippen molar-refractivity contribution in [3.63, 3.8) is 0 Å². The highest BCUT2D eigenvalue weighted by molar-refractivity contribution is 5.74. The number of rotatable bonds is 4. The van der Waals surface area contributed by atoms with Gasteiger partial charge in [0.2, 0.25) is 0 Å². The standard InChI is InChI=1S/C19H27NO5/c1-6-23-17(21)13(2)24-16-9-7-8-14-12-20(11-10-15(14)16)18(22)25-19(3,4)5/h7-9,13H,6,10-12H2,1-5H3. The summed E-state index contributed by atoms with van der Waals surface area (Å²) in [4.78, 5) is 25.7. The van der Waals surface area contributed by atoms with E-state index in [2.05, 4.69) is 0 Å². The number of hydrogen-bond donors (Lipinski definition) is 0. The van der Waals surface area contributed by atoms with Crippen molar-refractivity contribution in [1.29, 1.82) is 0 Å². The first-order valence-corrected chi connectivity index (χ1v) is 8.63. The molecule has 0 bridgehead atoms. The molecule has 0 spiro atoms. The van der Waals surface area contributed by atoms with Gasteiger partial charge in [-0.1, -0.05) is 12.1 Å². The molecular weight excluding hydrogens is 322 g/mol. The van der Waals surface area contributed by atoms with Crippen LogP contribution in [0.15, 0.2) is 18.2 Å². The molecule has 2 rings (SSSR count). The number of benzene rings is 1. The van der Waals surface area contributed by atoms with Crippen molar-refractivity contribution >= 4 is 12.1 Å². The average Bonchev–Trinajstić information content (AvgIpc) is 2.53. The second-order valence-electron chi connectivity index (χ2n) is 7.06. The smallest absolute Gasteiger partial charge is 0.410 e. The van der Waals surface area contributed by atoms with E-state index in [-0.39, 0.29) is 12.1 Å². The van der Waals surface area contributed by atoms with Crippen LogP contribution in [0.4, 0.5) is 4.79 Å². The second kappa shape index (κ2) is 7.76. The Hall–Kier alpha value is -2.24. The number of esters is 1. The van der Waals surface area contributed by atoms with Crippen LogP contribution in [0.1, 0.15) is 45.7 Å².